The molecule has 0 spiro atoms. The van der Waals surface area contributed by atoms with Crippen LogP contribution in [0.4, 0.5) is 4.79 Å². The summed E-state index contributed by atoms with van der Waals surface area (Å²) in [5, 5.41) is 13.7. The number of hydrogen-bond donors (Lipinski definition) is 3. The van der Waals surface area contributed by atoms with Crippen molar-refractivity contribution < 1.29 is 19.5 Å². The third-order valence-corrected chi connectivity index (χ3v) is 2.91. The molecule has 0 aromatic carbocycles. The molecule has 0 heterocycles. The highest BCUT2D eigenvalue weighted by atomic mass is 16.4. The maximum absolute atomic E-state index is 11.7. The number of nitrogens with zero attached hydrogens (tertiary/aromatic N) is 1. The second-order valence-corrected chi connectivity index (χ2v) is 4.55. The molecule has 0 radical (unpaired) electrons. The first-order valence-electron chi connectivity index (χ1n) is 6.94. The summed E-state index contributed by atoms with van der Waals surface area (Å²) in [5.74, 6) is -0.877. The molecule has 116 valence electrons. The van der Waals surface area contributed by atoms with E-state index in [0.29, 0.717) is 19.5 Å². The fraction of sp³-hybridized carbons (Fsp3) is 0.769. The van der Waals surface area contributed by atoms with Crippen LogP contribution >= 0.6 is 0 Å². The van der Waals surface area contributed by atoms with Crippen molar-refractivity contribution in [1.29, 1.82) is 0 Å². The van der Waals surface area contributed by atoms with Gasteiger partial charge in [-0.15, -0.1) is 0 Å². The molecule has 0 aliphatic carbocycles. The molecule has 3 N–H and O–H groups in total. The maximum atomic E-state index is 11.7. The molecule has 7 heteroatoms. The normalized spacial score (nSPS) is 11.6. The molecule has 0 aliphatic rings. The average Bonchev–Trinajstić information content (AvgIpc) is 2.37. The lowest BCUT2D eigenvalue weighted by Gasteiger charge is -2.19. The summed E-state index contributed by atoms with van der Waals surface area (Å²) in [4.78, 5) is 35.3. The van der Waals surface area contributed by atoms with Gasteiger partial charge in [0, 0.05) is 38.5 Å². The van der Waals surface area contributed by atoms with E-state index in [9.17, 15) is 14.4 Å². The third kappa shape index (κ3) is 8.34. The number of urea groups is 1. The first kappa shape index (κ1) is 18.2. The molecule has 7 nitrogen and oxygen atoms in total. The van der Waals surface area contributed by atoms with Gasteiger partial charge in [0.25, 0.3) is 0 Å². The van der Waals surface area contributed by atoms with E-state index in [1.807, 2.05) is 13.8 Å². The van der Waals surface area contributed by atoms with E-state index in [4.69, 9.17) is 5.11 Å². The van der Waals surface area contributed by atoms with E-state index in [1.54, 1.807) is 11.8 Å². The van der Waals surface area contributed by atoms with Crippen molar-refractivity contribution in [3.05, 3.63) is 0 Å². The van der Waals surface area contributed by atoms with Crippen molar-refractivity contribution in [2.24, 2.45) is 0 Å². The summed E-state index contributed by atoms with van der Waals surface area (Å²) in [7, 11) is 0. The van der Waals surface area contributed by atoms with Crippen LogP contribution in [0.25, 0.3) is 0 Å². The molecule has 1 unspecified atom stereocenters. The van der Waals surface area contributed by atoms with Crippen LogP contribution in [0.15, 0.2) is 0 Å². The van der Waals surface area contributed by atoms with Crippen LogP contribution in [-0.2, 0) is 9.59 Å². The first-order chi connectivity index (χ1) is 9.40. The summed E-state index contributed by atoms with van der Waals surface area (Å²) in [6.07, 6.45) is 0.654. The zero-order chi connectivity index (χ0) is 15.5. The predicted molar refractivity (Wildman–Crippen MR) is 75.4 cm³/mol. The van der Waals surface area contributed by atoms with Gasteiger partial charge in [0.15, 0.2) is 0 Å². The van der Waals surface area contributed by atoms with Gasteiger partial charge in [-0.1, -0.05) is 0 Å². The Balaban J connectivity index is 3.83. The number of carboxylic acids is 1. The highest BCUT2D eigenvalue weighted by molar-refractivity contribution is 5.78. The molecule has 0 saturated carbocycles. The van der Waals surface area contributed by atoms with Crippen LogP contribution in [0.3, 0.4) is 0 Å². The number of hydrogen-bond acceptors (Lipinski definition) is 3. The van der Waals surface area contributed by atoms with Gasteiger partial charge in [-0.3, -0.25) is 9.59 Å². The van der Waals surface area contributed by atoms with Gasteiger partial charge in [0.1, 0.15) is 0 Å². The lowest BCUT2D eigenvalue weighted by Crippen LogP contribution is -2.42. The second kappa shape index (κ2) is 10.1. The Labute approximate surface area is 119 Å². The molecule has 0 saturated heterocycles. The van der Waals surface area contributed by atoms with E-state index >= 15 is 0 Å². The Kier molecular flexibility index (Phi) is 9.15. The van der Waals surface area contributed by atoms with Gasteiger partial charge in [0.05, 0.1) is 0 Å². The van der Waals surface area contributed by atoms with Crippen molar-refractivity contribution in [1.82, 2.24) is 15.5 Å². The van der Waals surface area contributed by atoms with Crippen LogP contribution in [0, 0.1) is 0 Å². The standard InChI is InChI=1S/C13H25N3O4/c1-4-16(5-2)11(17)8-9-14-13(20)15-10(3)6-7-12(18)19/h10H,4-9H2,1-3H3,(H,18,19)(H2,14,15,20). The summed E-state index contributed by atoms with van der Waals surface area (Å²) in [6, 6.07) is -0.597. The first-order valence-corrected chi connectivity index (χ1v) is 6.94. The molecule has 0 aliphatic heterocycles. The number of rotatable bonds is 9. The fourth-order valence-electron chi connectivity index (χ4n) is 1.70. The van der Waals surface area contributed by atoms with Crippen molar-refractivity contribution in [2.75, 3.05) is 19.6 Å². The monoisotopic (exact) mass is 287 g/mol. The minimum absolute atomic E-state index is 0.00854. The number of aliphatic carboxylic acids is 1. The van der Waals surface area contributed by atoms with E-state index in [1.165, 1.54) is 0 Å². The molecule has 0 bridgehead atoms. The van der Waals surface area contributed by atoms with Crippen LogP contribution < -0.4 is 10.6 Å². The summed E-state index contributed by atoms with van der Waals surface area (Å²) >= 11 is 0. The Morgan fingerprint density at radius 1 is 1.15 bits per heavy atom. The topological polar surface area (TPSA) is 98.7 Å². The van der Waals surface area contributed by atoms with E-state index in [2.05, 4.69) is 10.6 Å². The molecule has 0 aromatic rings. The number of nitrogens with one attached hydrogen (secondary N) is 2. The van der Waals surface area contributed by atoms with Crippen molar-refractivity contribution in [3.63, 3.8) is 0 Å². The maximum Gasteiger partial charge on any atom is 0.315 e. The summed E-state index contributed by atoms with van der Waals surface area (Å²) < 4.78 is 0. The van der Waals surface area contributed by atoms with Crippen molar-refractivity contribution in [2.45, 2.75) is 46.1 Å². The Bertz CT molecular complexity index is 330. The van der Waals surface area contributed by atoms with Crippen molar-refractivity contribution >= 4 is 17.9 Å². The summed E-state index contributed by atoms with van der Waals surface area (Å²) in [6.45, 7) is 7.15. The van der Waals surface area contributed by atoms with Gasteiger partial charge in [-0.05, 0) is 27.2 Å². The van der Waals surface area contributed by atoms with Gasteiger partial charge >= 0.3 is 12.0 Å². The fourth-order valence-corrected chi connectivity index (χ4v) is 1.70. The summed E-state index contributed by atoms with van der Waals surface area (Å²) in [5.41, 5.74) is 0. The van der Waals surface area contributed by atoms with E-state index < -0.39 is 5.97 Å². The number of carboxylic acid groups (broad SMARTS) is 1. The van der Waals surface area contributed by atoms with Gasteiger partial charge in [-0.25, -0.2) is 4.79 Å². The van der Waals surface area contributed by atoms with Gasteiger partial charge in [0.2, 0.25) is 5.91 Å². The Hall–Kier alpha value is -1.79. The minimum Gasteiger partial charge on any atom is -0.481 e. The van der Waals surface area contributed by atoms with Crippen LogP contribution in [0.2, 0.25) is 0 Å². The zero-order valence-electron chi connectivity index (χ0n) is 12.4. The van der Waals surface area contributed by atoms with Gasteiger partial charge in [-0.2, -0.15) is 0 Å². The molecule has 0 aromatic heterocycles. The zero-order valence-corrected chi connectivity index (χ0v) is 12.4. The smallest absolute Gasteiger partial charge is 0.315 e. The number of amides is 3. The van der Waals surface area contributed by atoms with E-state index in [-0.39, 0.29) is 37.4 Å². The molecule has 0 fully saturated rings. The van der Waals surface area contributed by atoms with Gasteiger partial charge < -0.3 is 20.6 Å². The lowest BCUT2D eigenvalue weighted by molar-refractivity contribution is -0.137. The highest BCUT2D eigenvalue weighted by Crippen LogP contribution is 1.96. The molecule has 20 heavy (non-hydrogen) atoms. The minimum atomic E-state index is -0.885. The SMILES string of the molecule is CCN(CC)C(=O)CCNC(=O)NC(C)CCC(=O)O. The predicted octanol–water partition coefficient (Wildman–Crippen LogP) is 0.797. The van der Waals surface area contributed by atoms with Crippen LogP contribution in [0.5, 0.6) is 0 Å². The largest absolute Gasteiger partial charge is 0.481 e. The van der Waals surface area contributed by atoms with E-state index in [0.717, 1.165) is 0 Å². The van der Waals surface area contributed by atoms with Crippen LogP contribution in [0.1, 0.15) is 40.0 Å². The Morgan fingerprint density at radius 2 is 1.75 bits per heavy atom. The molecule has 0 rings (SSSR count). The molecular formula is C13H25N3O4. The quantitative estimate of drug-likeness (QED) is 0.584. The second-order valence-electron chi connectivity index (χ2n) is 4.55. The lowest BCUT2D eigenvalue weighted by atomic mass is 10.2. The number of carbonyl (C=O) groups excluding carboxylic acids is 2. The average molecular weight is 287 g/mol. The third-order valence-electron chi connectivity index (χ3n) is 2.91. The number of carbonyl (C=O) groups is 3. The Morgan fingerprint density at radius 3 is 2.25 bits per heavy atom. The molecule has 3 amide bonds. The van der Waals surface area contributed by atoms with Crippen molar-refractivity contribution in [3.8, 4) is 0 Å². The molecular weight excluding hydrogens is 262 g/mol. The van der Waals surface area contributed by atoms with Crippen LogP contribution in [-0.4, -0.2) is 53.6 Å². The highest BCUT2D eigenvalue weighted by Gasteiger charge is 2.11. The molecule has 1 atom stereocenters.